The van der Waals surface area contributed by atoms with Gasteiger partial charge in [0.2, 0.25) is 17.7 Å². The van der Waals surface area contributed by atoms with E-state index in [2.05, 4.69) is 23.3 Å². The van der Waals surface area contributed by atoms with Gasteiger partial charge in [0.15, 0.2) is 0 Å². The topological polar surface area (TPSA) is 182 Å². The van der Waals surface area contributed by atoms with Crippen LogP contribution in [0.2, 0.25) is 0 Å². The predicted octanol–water partition coefficient (Wildman–Crippen LogP) is 0.185. The van der Waals surface area contributed by atoms with Crippen molar-refractivity contribution in [2.45, 2.75) is 49.9 Å². The average molecular weight is 545 g/mol. The molecule has 4 atom stereocenters. The van der Waals surface area contributed by atoms with E-state index < -0.39 is 47.9 Å². The van der Waals surface area contributed by atoms with Crippen LogP contribution in [0.5, 0.6) is 11.5 Å². The van der Waals surface area contributed by atoms with E-state index in [9.17, 15) is 34.5 Å². The summed E-state index contributed by atoms with van der Waals surface area (Å²) in [7, 11) is 0. The SMILES string of the molecule is NC(CS)C(=O)NC(Cc1ccc(O)cc1)C(=O)NC(Cc1ccc(O)cc1)C(=O)N1CCCC1C(=O)O. The average Bonchev–Trinajstić information content (AvgIpc) is 3.40. The number of phenolic OH excluding ortho intramolecular Hbond substituents is 2. The minimum Gasteiger partial charge on any atom is -0.508 e. The zero-order chi connectivity index (χ0) is 27.8. The van der Waals surface area contributed by atoms with Gasteiger partial charge in [-0.05, 0) is 48.2 Å². The molecule has 0 aliphatic carbocycles. The molecule has 38 heavy (non-hydrogen) atoms. The van der Waals surface area contributed by atoms with Gasteiger partial charge in [-0.3, -0.25) is 14.4 Å². The highest BCUT2D eigenvalue weighted by atomic mass is 32.1. The number of rotatable bonds is 11. The summed E-state index contributed by atoms with van der Waals surface area (Å²) in [6.45, 7) is 0.238. The van der Waals surface area contributed by atoms with Gasteiger partial charge in [-0.15, -0.1) is 0 Å². The van der Waals surface area contributed by atoms with E-state index in [1.165, 1.54) is 29.2 Å². The molecule has 11 nitrogen and oxygen atoms in total. The summed E-state index contributed by atoms with van der Waals surface area (Å²) in [6.07, 6.45) is 0.897. The number of amides is 3. The zero-order valence-electron chi connectivity index (χ0n) is 20.6. The van der Waals surface area contributed by atoms with Crippen LogP contribution < -0.4 is 16.4 Å². The van der Waals surface area contributed by atoms with E-state index in [-0.39, 0.29) is 36.6 Å². The van der Waals surface area contributed by atoms with Gasteiger partial charge >= 0.3 is 5.97 Å². The second kappa shape index (κ2) is 13.2. The normalized spacial score (nSPS) is 17.3. The van der Waals surface area contributed by atoms with E-state index >= 15 is 0 Å². The van der Waals surface area contributed by atoms with Crippen molar-refractivity contribution < 1.29 is 34.5 Å². The maximum Gasteiger partial charge on any atom is 0.326 e. The van der Waals surface area contributed by atoms with Crippen LogP contribution in [-0.2, 0) is 32.0 Å². The Labute approximate surface area is 225 Å². The van der Waals surface area contributed by atoms with Gasteiger partial charge in [0, 0.05) is 25.1 Å². The van der Waals surface area contributed by atoms with Crippen LogP contribution in [-0.4, -0.2) is 80.4 Å². The molecule has 1 saturated heterocycles. The summed E-state index contributed by atoms with van der Waals surface area (Å²) in [5, 5.41) is 34.1. The Balaban J connectivity index is 1.87. The Morgan fingerprint density at radius 2 is 1.39 bits per heavy atom. The van der Waals surface area contributed by atoms with Crippen LogP contribution in [0.15, 0.2) is 48.5 Å². The van der Waals surface area contributed by atoms with Crippen molar-refractivity contribution in [1.29, 1.82) is 0 Å². The minimum atomic E-state index is -1.13. The minimum absolute atomic E-state index is 0.0309. The monoisotopic (exact) mass is 544 g/mol. The largest absolute Gasteiger partial charge is 0.508 e. The Kier molecular flexibility index (Phi) is 9.97. The van der Waals surface area contributed by atoms with Crippen LogP contribution in [0.4, 0.5) is 0 Å². The Morgan fingerprint density at radius 1 is 0.895 bits per heavy atom. The quantitative estimate of drug-likeness (QED) is 0.196. The molecule has 3 rings (SSSR count). The molecule has 0 radical (unpaired) electrons. The van der Waals surface area contributed by atoms with Crippen molar-refractivity contribution in [3.8, 4) is 11.5 Å². The first kappa shape index (κ1) is 28.8. The van der Waals surface area contributed by atoms with Gasteiger partial charge in [0.25, 0.3) is 0 Å². The molecule has 0 bridgehead atoms. The number of likely N-dealkylation sites (tertiary alicyclic amines) is 1. The first-order chi connectivity index (χ1) is 18.1. The highest BCUT2D eigenvalue weighted by Gasteiger charge is 2.38. The number of benzene rings is 2. The summed E-state index contributed by atoms with van der Waals surface area (Å²) in [6, 6.07) is 7.96. The summed E-state index contributed by atoms with van der Waals surface area (Å²) >= 11 is 4.03. The van der Waals surface area contributed by atoms with Crippen molar-refractivity contribution in [3.63, 3.8) is 0 Å². The molecule has 0 spiro atoms. The third-order valence-corrected chi connectivity index (χ3v) is 6.75. The van der Waals surface area contributed by atoms with Gasteiger partial charge in [-0.25, -0.2) is 4.79 Å². The van der Waals surface area contributed by atoms with Crippen LogP contribution in [0.1, 0.15) is 24.0 Å². The summed E-state index contributed by atoms with van der Waals surface area (Å²) in [5.74, 6) is -2.83. The molecule has 204 valence electrons. The maximum atomic E-state index is 13.5. The molecule has 4 unspecified atom stereocenters. The fraction of sp³-hybridized carbons (Fsp3) is 0.385. The molecular formula is C26H32N4O7S. The number of carboxylic acid groups (broad SMARTS) is 1. The predicted molar refractivity (Wildman–Crippen MR) is 142 cm³/mol. The standard InChI is InChI=1S/C26H32N4O7S/c27-19(14-38)23(33)28-20(12-15-3-7-17(31)8-4-15)24(34)29-21(13-16-5-9-18(32)10-6-16)25(35)30-11-1-2-22(30)26(36)37/h3-10,19-22,31-32,38H,1-2,11-14,27H2,(H,28,33)(H,29,34)(H,36,37). The number of carboxylic acids is 1. The summed E-state index contributed by atoms with van der Waals surface area (Å²) in [4.78, 5) is 52.5. The first-order valence-corrected chi connectivity index (χ1v) is 12.8. The molecule has 1 heterocycles. The molecule has 0 saturated carbocycles. The van der Waals surface area contributed by atoms with E-state index in [1.54, 1.807) is 24.3 Å². The maximum absolute atomic E-state index is 13.5. The molecule has 0 aromatic heterocycles. The molecule has 12 heteroatoms. The molecule has 7 N–H and O–H groups in total. The molecule has 3 amide bonds. The van der Waals surface area contributed by atoms with Crippen LogP contribution in [0.3, 0.4) is 0 Å². The number of aromatic hydroxyl groups is 2. The molecular weight excluding hydrogens is 512 g/mol. The number of carbonyl (C=O) groups is 4. The van der Waals surface area contributed by atoms with Crippen molar-refractivity contribution in [2.75, 3.05) is 12.3 Å². The van der Waals surface area contributed by atoms with Crippen molar-refractivity contribution in [1.82, 2.24) is 15.5 Å². The Morgan fingerprint density at radius 3 is 1.89 bits per heavy atom. The Hall–Kier alpha value is -3.77. The van der Waals surface area contributed by atoms with Crippen LogP contribution in [0, 0.1) is 0 Å². The molecule has 1 aliphatic rings. The van der Waals surface area contributed by atoms with Gasteiger partial charge in [0.05, 0.1) is 6.04 Å². The smallest absolute Gasteiger partial charge is 0.326 e. The van der Waals surface area contributed by atoms with Gasteiger partial charge < -0.3 is 36.6 Å². The number of nitrogens with two attached hydrogens (primary N) is 1. The van der Waals surface area contributed by atoms with Gasteiger partial charge in [-0.1, -0.05) is 24.3 Å². The fourth-order valence-electron chi connectivity index (χ4n) is 4.27. The highest BCUT2D eigenvalue weighted by molar-refractivity contribution is 7.80. The number of hydrogen-bond acceptors (Lipinski definition) is 8. The molecule has 2 aromatic carbocycles. The van der Waals surface area contributed by atoms with E-state index in [0.717, 1.165) is 0 Å². The van der Waals surface area contributed by atoms with Crippen molar-refractivity contribution in [2.24, 2.45) is 5.73 Å². The number of phenols is 2. The van der Waals surface area contributed by atoms with E-state index in [0.29, 0.717) is 24.0 Å². The van der Waals surface area contributed by atoms with E-state index in [1.807, 2.05) is 0 Å². The first-order valence-electron chi connectivity index (χ1n) is 12.1. The van der Waals surface area contributed by atoms with E-state index in [4.69, 9.17) is 5.73 Å². The highest BCUT2D eigenvalue weighted by Crippen LogP contribution is 2.20. The second-order valence-electron chi connectivity index (χ2n) is 9.18. The lowest BCUT2D eigenvalue weighted by Crippen LogP contribution is -2.58. The van der Waals surface area contributed by atoms with Gasteiger partial charge in [0.1, 0.15) is 29.6 Å². The fourth-order valence-corrected chi connectivity index (χ4v) is 4.43. The number of hydrogen-bond donors (Lipinski definition) is 7. The second-order valence-corrected chi connectivity index (χ2v) is 9.55. The molecule has 2 aromatic rings. The molecule has 1 aliphatic heterocycles. The lowest BCUT2D eigenvalue weighted by molar-refractivity contribution is -0.149. The zero-order valence-corrected chi connectivity index (χ0v) is 21.5. The van der Waals surface area contributed by atoms with Crippen LogP contribution in [0.25, 0.3) is 0 Å². The third kappa shape index (κ3) is 7.62. The number of carbonyl (C=O) groups excluding carboxylic acids is 3. The third-order valence-electron chi connectivity index (χ3n) is 6.35. The Bertz CT molecular complexity index is 1140. The van der Waals surface area contributed by atoms with Crippen molar-refractivity contribution >= 4 is 36.3 Å². The van der Waals surface area contributed by atoms with Gasteiger partial charge in [-0.2, -0.15) is 12.6 Å². The number of thiol groups is 1. The number of nitrogens with zero attached hydrogens (tertiary/aromatic N) is 1. The summed E-state index contributed by atoms with van der Waals surface area (Å²) in [5.41, 5.74) is 7.04. The lowest BCUT2D eigenvalue weighted by atomic mass is 10.0. The summed E-state index contributed by atoms with van der Waals surface area (Å²) < 4.78 is 0. The lowest BCUT2D eigenvalue weighted by Gasteiger charge is -2.29. The van der Waals surface area contributed by atoms with Crippen LogP contribution >= 0.6 is 12.6 Å². The van der Waals surface area contributed by atoms with Crippen molar-refractivity contribution in [3.05, 3.63) is 59.7 Å². The number of aliphatic carboxylic acids is 1. The molecule has 1 fully saturated rings. The number of nitrogens with one attached hydrogen (secondary N) is 2.